The average Bonchev–Trinajstić information content (AvgIpc) is 2.31. The van der Waals surface area contributed by atoms with Gasteiger partial charge in [0, 0.05) is 10.9 Å². The lowest BCUT2D eigenvalue weighted by Crippen LogP contribution is -2.36. The average molecular weight is 263 g/mol. The van der Waals surface area contributed by atoms with Gasteiger partial charge in [0.25, 0.3) is 5.91 Å². The van der Waals surface area contributed by atoms with Gasteiger partial charge in [-0.3, -0.25) is 10.2 Å². The highest BCUT2D eigenvalue weighted by Crippen LogP contribution is 2.19. The molecule has 4 nitrogen and oxygen atoms in total. The van der Waals surface area contributed by atoms with Gasteiger partial charge < -0.3 is 4.74 Å². The molecule has 0 bridgehead atoms. The standard InChI is InChI=1S/C10H12Cl2N2O2/c11-5-6-16-9(10(15)14-13)7-1-3-8(12)4-2-7/h1-4,9H,5-6,13H2,(H,14,15). The van der Waals surface area contributed by atoms with Crippen LogP contribution in [0.3, 0.4) is 0 Å². The van der Waals surface area contributed by atoms with E-state index in [2.05, 4.69) is 0 Å². The molecule has 0 heterocycles. The quantitative estimate of drug-likeness (QED) is 0.367. The molecule has 1 amide bonds. The van der Waals surface area contributed by atoms with Gasteiger partial charge >= 0.3 is 0 Å². The van der Waals surface area contributed by atoms with Crippen LogP contribution in [0.2, 0.25) is 5.02 Å². The smallest absolute Gasteiger partial charge is 0.267 e. The molecule has 0 aliphatic rings. The largest absolute Gasteiger partial charge is 0.362 e. The Kier molecular flexibility index (Phi) is 5.55. The molecule has 1 unspecified atom stereocenters. The number of ether oxygens (including phenoxy) is 1. The first-order valence-electron chi connectivity index (χ1n) is 4.62. The Hall–Kier alpha value is -0.810. The van der Waals surface area contributed by atoms with Gasteiger partial charge in [-0.05, 0) is 17.7 Å². The number of benzene rings is 1. The van der Waals surface area contributed by atoms with E-state index in [-0.39, 0.29) is 6.61 Å². The zero-order valence-electron chi connectivity index (χ0n) is 8.45. The summed E-state index contributed by atoms with van der Waals surface area (Å²) in [5.74, 6) is 4.96. The highest BCUT2D eigenvalue weighted by molar-refractivity contribution is 6.30. The number of carbonyl (C=O) groups is 1. The lowest BCUT2D eigenvalue weighted by atomic mass is 10.1. The predicted molar refractivity (Wildman–Crippen MR) is 63.2 cm³/mol. The highest BCUT2D eigenvalue weighted by atomic mass is 35.5. The summed E-state index contributed by atoms with van der Waals surface area (Å²) in [4.78, 5) is 11.5. The van der Waals surface area contributed by atoms with Gasteiger partial charge in [-0.2, -0.15) is 0 Å². The minimum absolute atomic E-state index is 0.266. The maximum Gasteiger partial charge on any atom is 0.267 e. The van der Waals surface area contributed by atoms with E-state index >= 15 is 0 Å². The van der Waals surface area contributed by atoms with E-state index in [1.54, 1.807) is 24.3 Å². The number of hydrogen-bond acceptors (Lipinski definition) is 3. The second-order valence-corrected chi connectivity index (χ2v) is 3.81. The molecule has 3 N–H and O–H groups in total. The third kappa shape index (κ3) is 3.64. The van der Waals surface area contributed by atoms with Crippen molar-refractivity contribution in [3.63, 3.8) is 0 Å². The van der Waals surface area contributed by atoms with E-state index in [0.29, 0.717) is 16.5 Å². The van der Waals surface area contributed by atoms with E-state index < -0.39 is 12.0 Å². The van der Waals surface area contributed by atoms with Gasteiger partial charge in [-0.1, -0.05) is 23.7 Å². The molecule has 0 saturated carbocycles. The molecule has 16 heavy (non-hydrogen) atoms. The van der Waals surface area contributed by atoms with Gasteiger partial charge in [0.1, 0.15) is 0 Å². The number of hydrogen-bond donors (Lipinski definition) is 2. The zero-order valence-corrected chi connectivity index (χ0v) is 9.96. The molecule has 0 radical (unpaired) electrons. The molecule has 0 aliphatic carbocycles. The summed E-state index contributed by atoms with van der Waals surface area (Å²) in [7, 11) is 0. The van der Waals surface area contributed by atoms with Crippen LogP contribution in [-0.2, 0) is 9.53 Å². The van der Waals surface area contributed by atoms with Crippen LogP contribution in [0.1, 0.15) is 11.7 Å². The van der Waals surface area contributed by atoms with Crippen LogP contribution in [0, 0.1) is 0 Å². The first-order valence-corrected chi connectivity index (χ1v) is 5.53. The summed E-state index contributed by atoms with van der Waals surface area (Å²) < 4.78 is 5.30. The van der Waals surface area contributed by atoms with E-state index in [4.69, 9.17) is 33.8 Å². The van der Waals surface area contributed by atoms with Crippen molar-refractivity contribution in [1.82, 2.24) is 5.43 Å². The maximum absolute atomic E-state index is 11.5. The second kappa shape index (κ2) is 6.70. The van der Waals surface area contributed by atoms with E-state index in [9.17, 15) is 4.79 Å². The van der Waals surface area contributed by atoms with Crippen molar-refractivity contribution in [3.05, 3.63) is 34.9 Å². The van der Waals surface area contributed by atoms with Crippen molar-refractivity contribution in [2.45, 2.75) is 6.10 Å². The van der Waals surface area contributed by atoms with Crippen LogP contribution in [0.15, 0.2) is 24.3 Å². The van der Waals surface area contributed by atoms with Crippen molar-refractivity contribution in [3.8, 4) is 0 Å². The third-order valence-corrected chi connectivity index (χ3v) is 2.32. The molecule has 0 saturated heterocycles. The fraction of sp³-hybridized carbons (Fsp3) is 0.300. The molecule has 0 spiro atoms. The summed E-state index contributed by atoms with van der Waals surface area (Å²) in [5.41, 5.74) is 2.73. The number of alkyl halides is 1. The molecule has 88 valence electrons. The molecule has 1 aromatic carbocycles. The Morgan fingerprint density at radius 1 is 1.44 bits per heavy atom. The van der Waals surface area contributed by atoms with Crippen LogP contribution in [0.25, 0.3) is 0 Å². The fourth-order valence-corrected chi connectivity index (χ4v) is 1.41. The van der Waals surface area contributed by atoms with Crippen LogP contribution in [-0.4, -0.2) is 18.4 Å². The van der Waals surface area contributed by atoms with Crippen LogP contribution in [0.4, 0.5) is 0 Å². The van der Waals surface area contributed by atoms with Crippen molar-refractivity contribution >= 4 is 29.1 Å². The number of amides is 1. The van der Waals surface area contributed by atoms with Gasteiger partial charge in [0.2, 0.25) is 0 Å². The number of hydrazine groups is 1. The van der Waals surface area contributed by atoms with E-state index in [1.807, 2.05) is 5.43 Å². The van der Waals surface area contributed by atoms with Crippen molar-refractivity contribution < 1.29 is 9.53 Å². The van der Waals surface area contributed by atoms with Gasteiger partial charge in [0.05, 0.1) is 6.61 Å². The monoisotopic (exact) mass is 262 g/mol. The topological polar surface area (TPSA) is 64.3 Å². The maximum atomic E-state index is 11.5. The van der Waals surface area contributed by atoms with Crippen molar-refractivity contribution in [2.75, 3.05) is 12.5 Å². The number of nitrogens with one attached hydrogen (secondary N) is 1. The summed E-state index contributed by atoms with van der Waals surface area (Å²) in [6.07, 6.45) is -0.763. The SMILES string of the molecule is NNC(=O)C(OCCCl)c1ccc(Cl)cc1. The first kappa shape index (κ1) is 13.3. The number of halogens is 2. The number of rotatable bonds is 5. The minimum atomic E-state index is -0.763. The molecule has 1 atom stereocenters. The van der Waals surface area contributed by atoms with E-state index in [1.165, 1.54) is 0 Å². The molecule has 6 heteroatoms. The molecule has 1 aromatic rings. The van der Waals surface area contributed by atoms with Crippen LogP contribution >= 0.6 is 23.2 Å². The van der Waals surface area contributed by atoms with Crippen LogP contribution in [0.5, 0.6) is 0 Å². The summed E-state index contributed by atoms with van der Waals surface area (Å²) in [6, 6.07) is 6.77. The lowest BCUT2D eigenvalue weighted by Gasteiger charge is -2.15. The summed E-state index contributed by atoms with van der Waals surface area (Å²) in [5, 5.41) is 0.591. The Balaban J connectivity index is 2.82. The lowest BCUT2D eigenvalue weighted by molar-refractivity contribution is -0.133. The Morgan fingerprint density at radius 3 is 2.56 bits per heavy atom. The summed E-state index contributed by atoms with van der Waals surface area (Å²) in [6.45, 7) is 0.266. The normalized spacial score (nSPS) is 12.2. The number of carbonyl (C=O) groups excluding carboxylic acids is 1. The zero-order chi connectivity index (χ0) is 12.0. The Bertz CT molecular complexity index is 343. The highest BCUT2D eigenvalue weighted by Gasteiger charge is 2.20. The number of nitrogens with two attached hydrogens (primary N) is 1. The minimum Gasteiger partial charge on any atom is -0.362 e. The molecular formula is C10H12Cl2N2O2. The summed E-state index contributed by atoms with van der Waals surface area (Å²) >= 11 is 11.2. The van der Waals surface area contributed by atoms with Crippen LogP contribution < -0.4 is 11.3 Å². The van der Waals surface area contributed by atoms with E-state index in [0.717, 1.165) is 0 Å². The molecule has 0 fully saturated rings. The van der Waals surface area contributed by atoms with Crippen molar-refractivity contribution in [2.24, 2.45) is 5.84 Å². The molecular weight excluding hydrogens is 251 g/mol. The second-order valence-electron chi connectivity index (χ2n) is 3.00. The third-order valence-electron chi connectivity index (χ3n) is 1.91. The molecule has 0 aliphatic heterocycles. The van der Waals surface area contributed by atoms with Gasteiger partial charge in [-0.25, -0.2) is 5.84 Å². The molecule has 0 aromatic heterocycles. The Morgan fingerprint density at radius 2 is 2.06 bits per heavy atom. The Labute approximate surface area is 104 Å². The van der Waals surface area contributed by atoms with Gasteiger partial charge in [0.15, 0.2) is 6.10 Å². The van der Waals surface area contributed by atoms with Crippen molar-refractivity contribution in [1.29, 1.82) is 0 Å². The first-order chi connectivity index (χ1) is 7.69. The predicted octanol–water partition coefficient (Wildman–Crippen LogP) is 1.63. The van der Waals surface area contributed by atoms with Gasteiger partial charge in [-0.15, -0.1) is 11.6 Å². The molecule has 1 rings (SSSR count). The fourth-order valence-electron chi connectivity index (χ4n) is 1.20.